The van der Waals surface area contributed by atoms with E-state index < -0.39 is 0 Å². The van der Waals surface area contributed by atoms with Gasteiger partial charge in [-0.15, -0.1) is 0 Å². The van der Waals surface area contributed by atoms with Crippen molar-refractivity contribution in [3.8, 4) is 0 Å². The molecule has 0 amide bonds. The summed E-state index contributed by atoms with van der Waals surface area (Å²) in [4.78, 5) is 0. The third-order valence-electron chi connectivity index (χ3n) is 4.40. The minimum absolute atomic E-state index is 0.0891. The van der Waals surface area contributed by atoms with Gasteiger partial charge in [0.25, 0.3) is 0 Å². The molecular formula is C19H18Cl2Se. The van der Waals surface area contributed by atoms with Crippen LogP contribution in [0.5, 0.6) is 0 Å². The van der Waals surface area contributed by atoms with Crippen molar-refractivity contribution in [3.63, 3.8) is 0 Å². The molecule has 2 aromatic rings. The van der Waals surface area contributed by atoms with Gasteiger partial charge in [-0.3, -0.25) is 0 Å². The van der Waals surface area contributed by atoms with Gasteiger partial charge in [0, 0.05) is 0 Å². The Hall–Kier alpha value is -0.721. The molecule has 0 radical (unpaired) electrons. The molecule has 114 valence electrons. The summed E-state index contributed by atoms with van der Waals surface area (Å²) in [5.41, 5.74) is 5.80. The Morgan fingerprint density at radius 3 is 1.64 bits per heavy atom. The van der Waals surface area contributed by atoms with Crippen molar-refractivity contribution in [1.82, 2.24) is 0 Å². The minimum atomic E-state index is 0.0891. The summed E-state index contributed by atoms with van der Waals surface area (Å²) < 4.78 is 0.0891. The molecule has 0 atom stereocenters. The summed E-state index contributed by atoms with van der Waals surface area (Å²) in [5.74, 6) is 0. The Labute approximate surface area is 148 Å². The molecule has 0 saturated carbocycles. The first-order chi connectivity index (χ1) is 10.5. The first-order valence-electron chi connectivity index (χ1n) is 7.32. The van der Waals surface area contributed by atoms with Crippen LogP contribution in [-0.2, 0) is 4.31 Å². The van der Waals surface area contributed by atoms with Gasteiger partial charge in [-0.05, 0) is 0 Å². The van der Waals surface area contributed by atoms with E-state index in [9.17, 15) is 0 Å². The summed E-state index contributed by atoms with van der Waals surface area (Å²) in [6.45, 7) is 4.54. The first-order valence-corrected chi connectivity index (χ1v) is 10.1. The number of hydrogen-bond donors (Lipinski definition) is 0. The predicted molar refractivity (Wildman–Crippen MR) is 97.2 cm³/mol. The Bertz CT molecular complexity index is 654. The van der Waals surface area contributed by atoms with Crippen LogP contribution in [0, 0.1) is 0 Å². The van der Waals surface area contributed by atoms with Crippen LogP contribution in [0.15, 0.2) is 59.7 Å². The zero-order valence-electron chi connectivity index (χ0n) is 12.7. The number of allylic oxidation sites excluding steroid dienone is 2. The van der Waals surface area contributed by atoms with Crippen LogP contribution in [-0.4, -0.2) is 15.0 Å². The molecule has 3 rings (SSSR count). The summed E-state index contributed by atoms with van der Waals surface area (Å²) in [7, 11) is 0. The van der Waals surface area contributed by atoms with Crippen LogP contribution in [0.2, 0.25) is 15.4 Å². The van der Waals surface area contributed by atoms with Gasteiger partial charge in [-0.2, -0.15) is 0 Å². The predicted octanol–water partition coefficient (Wildman–Crippen LogP) is 6.10. The fraction of sp³-hybridized carbons (Fsp3) is 0.263. The van der Waals surface area contributed by atoms with Gasteiger partial charge in [0.2, 0.25) is 0 Å². The Balaban J connectivity index is 2.14. The molecule has 0 aliphatic carbocycles. The van der Waals surface area contributed by atoms with Crippen LogP contribution in [0.1, 0.15) is 31.4 Å². The van der Waals surface area contributed by atoms with Crippen molar-refractivity contribution >= 4 is 38.2 Å². The molecule has 2 aromatic carbocycles. The van der Waals surface area contributed by atoms with Gasteiger partial charge >= 0.3 is 149 Å². The number of hydrogen-bond acceptors (Lipinski definition) is 0. The van der Waals surface area contributed by atoms with Gasteiger partial charge in [-0.25, -0.2) is 0 Å². The molecule has 3 heteroatoms. The van der Waals surface area contributed by atoms with Crippen molar-refractivity contribution in [3.05, 3.63) is 80.8 Å². The van der Waals surface area contributed by atoms with E-state index in [1.165, 1.54) is 22.0 Å². The number of rotatable bonds is 2. The van der Waals surface area contributed by atoms with Crippen LogP contribution < -0.4 is 0 Å². The monoisotopic (exact) mass is 396 g/mol. The second-order valence-electron chi connectivity index (χ2n) is 5.87. The summed E-state index contributed by atoms with van der Waals surface area (Å²) >= 11 is 12.7. The SMILES string of the molecule is CC1=C(C)CC(c2ccc(Cl)cc2)(c2ccc(Cl)cc2)[Se]C1. The van der Waals surface area contributed by atoms with Crippen molar-refractivity contribution < 1.29 is 0 Å². The zero-order chi connectivity index (χ0) is 15.7. The first kappa shape index (κ1) is 16.1. The van der Waals surface area contributed by atoms with Gasteiger partial charge in [-0.1, -0.05) is 0 Å². The zero-order valence-corrected chi connectivity index (χ0v) is 15.9. The van der Waals surface area contributed by atoms with Crippen molar-refractivity contribution in [2.45, 2.75) is 29.9 Å². The molecule has 0 bridgehead atoms. The van der Waals surface area contributed by atoms with E-state index in [4.69, 9.17) is 23.2 Å². The van der Waals surface area contributed by atoms with Crippen molar-refractivity contribution in [1.29, 1.82) is 0 Å². The normalized spacial score (nSPS) is 17.6. The molecule has 0 aromatic heterocycles. The number of benzene rings is 2. The van der Waals surface area contributed by atoms with Gasteiger partial charge in [0.05, 0.1) is 0 Å². The van der Waals surface area contributed by atoms with E-state index in [1.807, 2.05) is 24.3 Å². The Kier molecular flexibility index (Phi) is 4.71. The molecule has 0 spiro atoms. The van der Waals surface area contributed by atoms with Crippen molar-refractivity contribution in [2.75, 3.05) is 0 Å². The molecule has 1 aliphatic heterocycles. The molecule has 0 fully saturated rings. The van der Waals surface area contributed by atoms with E-state index in [0.29, 0.717) is 15.0 Å². The van der Waals surface area contributed by atoms with E-state index in [2.05, 4.69) is 38.1 Å². The Morgan fingerprint density at radius 1 is 0.773 bits per heavy atom. The van der Waals surface area contributed by atoms with E-state index >= 15 is 0 Å². The van der Waals surface area contributed by atoms with Crippen LogP contribution in [0.3, 0.4) is 0 Å². The molecule has 1 heterocycles. The molecule has 1 aliphatic rings. The van der Waals surface area contributed by atoms with Crippen LogP contribution in [0.4, 0.5) is 0 Å². The summed E-state index contributed by atoms with van der Waals surface area (Å²) in [5, 5.41) is 2.79. The quantitative estimate of drug-likeness (QED) is 0.425. The second kappa shape index (κ2) is 6.41. The topological polar surface area (TPSA) is 0 Å². The molecule has 22 heavy (non-hydrogen) atoms. The summed E-state index contributed by atoms with van der Waals surface area (Å²) in [6, 6.07) is 16.8. The maximum atomic E-state index is 6.09. The second-order valence-corrected chi connectivity index (χ2v) is 9.41. The van der Waals surface area contributed by atoms with Gasteiger partial charge in [0.1, 0.15) is 0 Å². The average molecular weight is 396 g/mol. The third-order valence-corrected chi connectivity index (χ3v) is 8.44. The number of halogens is 2. The Morgan fingerprint density at radius 2 is 1.23 bits per heavy atom. The fourth-order valence-electron chi connectivity index (χ4n) is 2.91. The van der Waals surface area contributed by atoms with E-state index in [0.717, 1.165) is 16.5 Å². The van der Waals surface area contributed by atoms with Crippen LogP contribution >= 0.6 is 23.2 Å². The maximum absolute atomic E-state index is 6.09. The van der Waals surface area contributed by atoms with E-state index in [1.54, 1.807) is 5.57 Å². The van der Waals surface area contributed by atoms with Gasteiger partial charge in [0.15, 0.2) is 0 Å². The molecule has 0 N–H and O–H groups in total. The molecule has 0 saturated heterocycles. The van der Waals surface area contributed by atoms with Crippen molar-refractivity contribution in [2.24, 2.45) is 0 Å². The summed E-state index contributed by atoms with van der Waals surface area (Å²) in [6.07, 6.45) is 1.09. The average Bonchev–Trinajstić information content (AvgIpc) is 2.52. The van der Waals surface area contributed by atoms with E-state index in [-0.39, 0.29) is 4.31 Å². The standard InChI is InChI=1S/C19H18Cl2Se/c1-13-11-19(22-12-14(13)2,15-3-7-17(20)8-4-15)16-5-9-18(21)10-6-16/h3-10H,11-12H2,1-2H3. The fourth-order valence-corrected chi connectivity index (χ4v) is 6.58. The molecular weight excluding hydrogens is 378 g/mol. The van der Waals surface area contributed by atoms with Gasteiger partial charge < -0.3 is 0 Å². The van der Waals surface area contributed by atoms with Crippen LogP contribution in [0.25, 0.3) is 0 Å². The third kappa shape index (κ3) is 3.01. The molecule has 0 unspecified atom stereocenters. The molecule has 0 nitrogen and oxygen atoms in total.